The molecule has 1 aromatic carbocycles. The summed E-state index contributed by atoms with van der Waals surface area (Å²) in [4.78, 5) is 42.3. The van der Waals surface area contributed by atoms with Gasteiger partial charge in [-0.25, -0.2) is 0 Å². The van der Waals surface area contributed by atoms with Gasteiger partial charge in [-0.3, -0.25) is 14.4 Å². The van der Waals surface area contributed by atoms with Gasteiger partial charge >= 0.3 is 5.97 Å². The highest BCUT2D eigenvalue weighted by atomic mass is 35.5. The number of carboxylic acids is 1. The number of carboxylic acid groups (broad SMARTS) is 1. The van der Waals surface area contributed by atoms with Crippen molar-refractivity contribution in [2.24, 2.45) is 16.7 Å². The van der Waals surface area contributed by atoms with Crippen molar-refractivity contribution < 1.29 is 24.6 Å². The molecule has 1 saturated heterocycles. The van der Waals surface area contributed by atoms with Crippen molar-refractivity contribution in [3.05, 3.63) is 40.4 Å². The van der Waals surface area contributed by atoms with Gasteiger partial charge < -0.3 is 20.0 Å². The maximum atomic E-state index is 13.9. The van der Waals surface area contributed by atoms with Crippen LogP contribution in [0.25, 0.3) is 0 Å². The lowest BCUT2D eigenvalue weighted by atomic mass is 9.69. The number of fused-ring (bicyclic) bond motifs is 1. The van der Waals surface area contributed by atoms with Gasteiger partial charge in [0.05, 0.1) is 17.4 Å². The van der Waals surface area contributed by atoms with Crippen molar-refractivity contribution in [1.82, 2.24) is 9.80 Å². The molecule has 1 spiro atoms. The summed E-state index contributed by atoms with van der Waals surface area (Å²) >= 11 is 6.46. The van der Waals surface area contributed by atoms with Gasteiger partial charge in [0.15, 0.2) is 0 Å². The van der Waals surface area contributed by atoms with Crippen molar-refractivity contribution in [3.63, 3.8) is 0 Å². The van der Waals surface area contributed by atoms with E-state index >= 15 is 0 Å². The van der Waals surface area contributed by atoms with Crippen molar-refractivity contribution in [2.75, 3.05) is 19.6 Å². The van der Waals surface area contributed by atoms with E-state index in [0.717, 1.165) is 18.4 Å². The first-order valence-electron chi connectivity index (χ1n) is 11.6. The summed E-state index contributed by atoms with van der Waals surface area (Å²) in [7, 11) is 0. The van der Waals surface area contributed by atoms with Crippen molar-refractivity contribution in [3.8, 4) is 5.75 Å². The number of halogens is 1. The van der Waals surface area contributed by atoms with Gasteiger partial charge in [0.1, 0.15) is 5.75 Å². The van der Waals surface area contributed by atoms with Gasteiger partial charge in [-0.15, -0.1) is 0 Å². The molecule has 5 rings (SSSR count). The minimum absolute atomic E-state index is 0.0502. The first-order valence-corrected chi connectivity index (χ1v) is 12.0. The highest BCUT2D eigenvalue weighted by Crippen LogP contribution is 2.54. The quantitative estimate of drug-likeness (QED) is 0.653. The van der Waals surface area contributed by atoms with Crippen molar-refractivity contribution in [2.45, 2.75) is 51.5 Å². The number of allylic oxidation sites excluding steroid dienone is 2. The smallest absolute Gasteiger partial charge is 0.310 e. The highest BCUT2D eigenvalue weighted by Gasteiger charge is 2.53. The summed E-state index contributed by atoms with van der Waals surface area (Å²) in [5, 5.41) is 21.3. The van der Waals surface area contributed by atoms with E-state index in [1.807, 2.05) is 17.1 Å². The zero-order chi connectivity index (χ0) is 23.5. The number of phenolic OH excluding ortho intramolecular Hbond substituents is 1. The third-order valence-electron chi connectivity index (χ3n) is 8.26. The fourth-order valence-electron chi connectivity index (χ4n) is 5.89. The molecule has 2 heterocycles. The highest BCUT2D eigenvalue weighted by molar-refractivity contribution is 6.31. The molecule has 3 atom stereocenters. The molecule has 2 N–H and O–H groups in total. The first-order chi connectivity index (χ1) is 15.7. The Bertz CT molecular complexity index is 1070. The number of amides is 2. The second-order valence-corrected chi connectivity index (χ2v) is 10.8. The summed E-state index contributed by atoms with van der Waals surface area (Å²) in [6, 6.07) is 2.61. The van der Waals surface area contributed by atoms with E-state index in [0.29, 0.717) is 42.9 Å². The molecule has 2 aliphatic heterocycles. The first kappa shape index (κ1) is 22.3. The number of rotatable bonds is 4. The monoisotopic (exact) mass is 472 g/mol. The van der Waals surface area contributed by atoms with Crippen LogP contribution in [0.15, 0.2) is 24.3 Å². The molecule has 176 valence electrons. The normalized spacial score (nSPS) is 29.9. The summed E-state index contributed by atoms with van der Waals surface area (Å²) in [5.74, 6) is -1.82. The van der Waals surface area contributed by atoms with E-state index in [2.05, 4.69) is 0 Å². The summed E-state index contributed by atoms with van der Waals surface area (Å²) in [6.45, 7) is 2.94. The van der Waals surface area contributed by atoms with Crippen LogP contribution in [0.2, 0.25) is 5.02 Å². The van der Waals surface area contributed by atoms with Crippen LogP contribution in [0.5, 0.6) is 5.75 Å². The van der Waals surface area contributed by atoms with Gasteiger partial charge in [0.2, 0.25) is 11.8 Å². The number of benzene rings is 1. The molecular weight excluding hydrogens is 444 g/mol. The predicted octanol–water partition coefficient (Wildman–Crippen LogP) is 3.54. The van der Waals surface area contributed by atoms with E-state index in [9.17, 15) is 24.6 Å². The van der Waals surface area contributed by atoms with Crippen LogP contribution in [-0.4, -0.2) is 57.4 Å². The van der Waals surface area contributed by atoms with Crippen LogP contribution in [0, 0.1) is 16.7 Å². The summed E-state index contributed by atoms with van der Waals surface area (Å²) < 4.78 is 0. The number of likely N-dealkylation sites (tertiary alicyclic amines) is 1. The minimum atomic E-state index is -1.20. The van der Waals surface area contributed by atoms with Crippen LogP contribution >= 0.6 is 11.6 Å². The molecule has 0 bridgehead atoms. The fraction of sp³-hybridized carbons (Fsp3) is 0.560. The van der Waals surface area contributed by atoms with Crippen LogP contribution in [0.3, 0.4) is 0 Å². The maximum absolute atomic E-state index is 13.9. The van der Waals surface area contributed by atoms with Crippen molar-refractivity contribution >= 4 is 29.4 Å². The zero-order valence-corrected chi connectivity index (χ0v) is 19.5. The Morgan fingerprint density at radius 3 is 2.67 bits per heavy atom. The van der Waals surface area contributed by atoms with E-state index in [-0.39, 0.29) is 35.9 Å². The Hall–Kier alpha value is -2.54. The lowest BCUT2D eigenvalue weighted by Crippen LogP contribution is -2.52. The summed E-state index contributed by atoms with van der Waals surface area (Å²) in [6.07, 6.45) is 7.42. The second kappa shape index (κ2) is 7.76. The van der Waals surface area contributed by atoms with Gasteiger partial charge in [0, 0.05) is 36.6 Å². The number of hydrogen-bond acceptors (Lipinski definition) is 4. The van der Waals surface area contributed by atoms with E-state index in [1.54, 1.807) is 17.9 Å². The zero-order valence-electron chi connectivity index (χ0n) is 18.7. The van der Waals surface area contributed by atoms with Gasteiger partial charge in [0.25, 0.3) is 0 Å². The van der Waals surface area contributed by atoms with Crippen LogP contribution in [0.1, 0.15) is 56.2 Å². The van der Waals surface area contributed by atoms with E-state index in [1.165, 1.54) is 6.07 Å². The SMILES string of the molecule is C[C@]1(C(=O)O)CC=CC[C@H]1C(=O)N1CCc2c(Cl)ccc(O)c2[C@H]1CN1CC2(CC2)CC1=O. The topological polar surface area (TPSA) is 98.2 Å². The number of carbonyl (C=O) groups is 3. The van der Waals surface area contributed by atoms with E-state index < -0.39 is 23.3 Å². The van der Waals surface area contributed by atoms with Crippen LogP contribution < -0.4 is 0 Å². The number of carbonyl (C=O) groups excluding carboxylic acids is 2. The Balaban J connectivity index is 1.52. The molecule has 1 saturated carbocycles. The van der Waals surface area contributed by atoms with Gasteiger partial charge in [-0.2, -0.15) is 0 Å². The number of nitrogens with zero attached hydrogens (tertiary/aromatic N) is 2. The maximum Gasteiger partial charge on any atom is 0.310 e. The Labute approximate surface area is 198 Å². The average molecular weight is 473 g/mol. The molecule has 2 amide bonds. The standard InChI is InChI=1S/C25H29ClN2O5/c1-24(23(32)33)8-3-2-4-16(24)22(31)28-11-7-15-17(26)5-6-19(29)21(15)18(28)13-27-14-25(9-10-25)12-20(27)30/h2-3,5-6,16,18,29H,4,7-14H2,1H3,(H,32,33)/t16-,18+,24-/m0/s1. The number of aromatic hydroxyl groups is 1. The lowest BCUT2D eigenvalue weighted by Gasteiger charge is -2.44. The second-order valence-electron chi connectivity index (χ2n) is 10.4. The van der Waals surface area contributed by atoms with Crippen molar-refractivity contribution in [1.29, 1.82) is 0 Å². The average Bonchev–Trinajstić information content (AvgIpc) is 3.46. The number of hydrogen-bond donors (Lipinski definition) is 2. The Morgan fingerprint density at radius 2 is 2.00 bits per heavy atom. The molecule has 1 aromatic rings. The summed E-state index contributed by atoms with van der Waals surface area (Å²) in [5.41, 5.74) is 0.253. The minimum Gasteiger partial charge on any atom is -0.508 e. The molecule has 8 heteroatoms. The fourth-order valence-corrected chi connectivity index (χ4v) is 6.15. The molecule has 4 aliphatic rings. The van der Waals surface area contributed by atoms with Gasteiger partial charge in [-0.1, -0.05) is 23.8 Å². The third-order valence-corrected chi connectivity index (χ3v) is 8.62. The van der Waals surface area contributed by atoms with E-state index in [4.69, 9.17) is 11.6 Å². The molecule has 0 unspecified atom stereocenters. The molecule has 2 fully saturated rings. The largest absolute Gasteiger partial charge is 0.508 e. The molecule has 0 radical (unpaired) electrons. The molecule has 0 aromatic heterocycles. The number of aliphatic carboxylic acids is 1. The van der Waals surface area contributed by atoms with Crippen LogP contribution in [-0.2, 0) is 20.8 Å². The molecular formula is C25H29ClN2O5. The molecule has 7 nitrogen and oxygen atoms in total. The van der Waals surface area contributed by atoms with Crippen LogP contribution in [0.4, 0.5) is 0 Å². The Morgan fingerprint density at radius 1 is 1.24 bits per heavy atom. The third kappa shape index (κ3) is 3.61. The number of phenols is 1. The lowest BCUT2D eigenvalue weighted by molar-refractivity contribution is -0.160. The molecule has 33 heavy (non-hydrogen) atoms. The molecule has 2 aliphatic carbocycles. The van der Waals surface area contributed by atoms with Gasteiger partial charge in [-0.05, 0) is 62.1 Å². The predicted molar refractivity (Wildman–Crippen MR) is 122 cm³/mol. The Kier molecular flexibility index (Phi) is 5.23.